The van der Waals surface area contributed by atoms with Crippen molar-refractivity contribution in [3.05, 3.63) is 0 Å². The summed E-state index contributed by atoms with van der Waals surface area (Å²) in [6.45, 7) is 0. The molecule has 0 radical (unpaired) electrons. The van der Waals surface area contributed by atoms with Gasteiger partial charge in [-0.1, -0.05) is 0 Å². The molecule has 0 aliphatic heterocycles. The average molecular weight is 362 g/mol. The second kappa shape index (κ2) is 23.9. The maximum absolute atomic E-state index is 8.55. The molecule has 0 unspecified atom stereocenters. The van der Waals surface area contributed by atoms with Crippen LogP contribution in [0.5, 0.6) is 0 Å². The van der Waals surface area contributed by atoms with Crippen molar-refractivity contribution in [2.75, 3.05) is 0 Å². The summed E-state index contributed by atoms with van der Waals surface area (Å²) in [5.74, 6) is 0. The molecule has 0 fully saturated rings. The van der Waals surface area contributed by atoms with Gasteiger partial charge in [0.15, 0.2) is 0 Å². The van der Waals surface area contributed by atoms with Crippen LogP contribution < -0.4 is 41.7 Å². The number of phosphoric acid groups is 2. The molecule has 0 saturated carbocycles. The molecule has 0 bridgehead atoms. The third-order valence-corrected chi connectivity index (χ3v) is 0. The van der Waals surface area contributed by atoms with Crippen LogP contribution in [0.2, 0.25) is 0 Å². The van der Waals surface area contributed by atoms with E-state index in [0.717, 1.165) is 0 Å². The Morgan fingerprint density at radius 1 is 0.562 bits per heavy atom. The molecule has 0 amide bonds. The normalized spacial score (nSPS) is 7.38. The van der Waals surface area contributed by atoms with Crippen LogP contribution >= 0.6 is 15.6 Å². The van der Waals surface area contributed by atoms with Crippen LogP contribution in [-0.4, -0.2) is 119 Å². The second-order valence-corrected chi connectivity index (χ2v) is 2.68. The summed E-state index contributed by atoms with van der Waals surface area (Å²) >= 11 is 0. The Morgan fingerprint density at radius 2 is 0.562 bits per heavy atom. The van der Waals surface area contributed by atoms with Gasteiger partial charge >= 0.3 is 113 Å². The van der Waals surface area contributed by atoms with Crippen LogP contribution in [0, 0.1) is 0 Å². The van der Waals surface area contributed by atoms with Gasteiger partial charge in [-0.15, -0.1) is 0 Å². The summed E-state index contributed by atoms with van der Waals surface area (Å²) in [4.78, 5) is 51.3. The molecule has 0 aromatic rings. The van der Waals surface area contributed by atoms with Crippen molar-refractivity contribution in [3.8, 4) is 0 Å². The van der Waals surface area contributed by atoms with Gasteiger partial charge in [-0.3, -0.25) is 0 Å². The Balaban J connectivity index is -0.00000000970. The van der Waals surface area contributed by atoms with E-state index in [4.69, 9.17) is 38.5 Å². The minimum atomic E-state index is -5.39. The van der Waals surface area contributed by atoms with Crippen LogP contribution in [0.3, 0.4) is 0 Å². The molecule has 0 aliphatic rings. The van der Waals surface area contributed by atoms with Crippen molar-refractivity contribution in [2.24, 2.45) is 0 Å². The molecule has 0 aliphatic carbocycles. The second-order valence-electron chi connectivity index (χ2n) is 0.894. The molecule has 0 spiro atoms. The molecule has 0 aromatic heterocycles. The summed E-state index contributed by atoms with van der Waals surface area (Å²) in [6, 6.07) is 0. The van der Waals surface area contributed by atoms with Crippen LogP contribution in [0.4, 0.5) is 0 Å². The fourth-order valence-corrected chi connectivity index (χ4v) is 0. The average Bonchev–Trinajstić information content (AvgIpc) is 1.12. The van der Waals surface area contributed by atoms with Gasteiger partial charge in [0.05, 0.1) is 0 Å². The summed E-state index contributed by atoms with van der Waals surface area (Å²) < 4.78 is 17.1. The predicted molar refractivity (Wildman–Crippen MR) is 46.1 cm³/mol. The minimum absolute atomic E-state index is 0. The topological polar surface area (TPSA) is 274 Å². The van der Waals surface area contributed by atoms with Crippen LogP contribution in [-0.2, 0) is 9.13 Å². The molecule has 0 heterocycles. The Bertz CT molecular complexity index is 139. The van der Waals surface area contributed by atoms with Crippen molar-refractivity contribution < 1.29 is 44.0 Å². The Kier molecular flexibility index (Phi) is 75.1. The summed E-state index contributed by atoms with van der Waals surface area (Å²) in [7, 11) is -10.8. The summed E-state index contributed by atoms with van der Waals surface area (Å²) in [5.41, 5.74) is 0. The number of hydrogen-bond donors (Lipinski definition) is 2. The molecule has 0 aromatic carbocycles. The third-order valence-electron chi connectivity index (χ3n) is 0. The maximum Gasteiger partial charge on any atom is 2.00 e. The molecule has 8 N–H and O–H groups in total. The first-order valence-corrected chi connectivity index (χ1v) is 4.38. The van der Waals surface area contributed by atoms with Crippen molar-refractivity contribution in [2.45, 2.75) is 0 Å². The molecule has 0 atom stereocenters. The van der Waals surface area contributed by atoms with Gasteiger partial charge in [-0.25, -0.2) is 0 Å². The van der Waals surface area contributed by atoms with Gasteiger partial charge in [-0.05, 0) is 0 Å². The van der Waals surface area contributed by atoms with Crippen LogP contribution in [0.15, 0.2) is 0 Å². The Hall–Kier alpha value is 3.88. The van der Waals surface area contributed by atoms with Gasteiger partial charge in [-0.2, -0.15) is 15.6 Å². The van der Waals surface area contributed by atoms with E-state index in [9.17, 15) is 0 Å². The molecule has 0 rings (SSSR count). The zero-order chi connectivity index (χ0) is 9.00. The van der Waals surface area contributed by atoms with Crippen molar-refractivity contribution in [1.82, 2.24) is 12.3 Å². The summed E-state index contributed by atoms with van der Waals surface area (Å²) in [5, 5.41) is 0. The minimum Gasteiger partial charge on any atom is -0.822 e. The van der Waals surface area contributed by atoms with E-state index in [1.54, 1.807) is 0 Å². The first-order valence-electron chi connectivity index (χ1n) is 1.46. The smallest absolute Gasteiger partial charge is 0.822 e. The quantitative estimate of drug-likeness (QED) is 0.303. The van der Waals surface area contributed by atoms with Crippen molar-refractivity contribution >= 4 is 129 Å². The fourth-order valence-electron chi connectivity index (χ4n) is 0. The monoisotopic (exact) mass is 362 g/mol. The van der Waals surface area contributed by atoms with E-state index < -0.39 is 15.6 Å². The van der Waals surface area contributed by atoms with Gasteiger partial charge in [0, 0.05) is 0 Å². The van der Waals surface area contributed by atoms with E-state index in [1.807, 2.05) is 0 Å². The molecule has 16 heavy (non-hydrogen) atoms. The van der Waals surface area contributed by atoms with Gasteiger partial charge in [0.2, 0.25) is 0 Å². The molecule has 0 saturated heterocycles. The number of rotatable bonds is 0. The maximum atomic E-state index is 8.55. The molecule has 11 nitrogen and oxygen atoms in total. The predicted octanol–water partition coefficient (Wildman–Crippen LogP) is -7.29. The van der Waals surface area contributed by atoms with E-state index in [1.165, 1.54) is 0 Å². The fraction of sp³-hybridized carbons (Fsp3) is 0. The largest absolute Gasteiger partial charge is 2.00 e. The van der Waals surface area contributed by atoms with Gasteiger partial charge in [0.1, 0.15) is 0 Å². The number of hydrogen-bond acceptors (Lipinski definition) is 10. The summed E-state index contributed by atoms with van der Waals surface area (Å²) in [6.07, 6.45) is 0. The van der Waals surface area contributed by atoms with E-state index in [2.05, 4.69) is 0 Å². The molecule has 16 heteroatoms. The van der Waals surface area contributed by atoms with Crippen LogP contribution in [0.25, 0.3) is 0 Å². The molecular weight excluding hydrogens is 354 g/mol. The SMILES string of the molecule is N.N.O.O=P([O-])([O-])[O-].O=P([O-])([O-])[O-].[Ca+2].[Ca+2].[Ca+2]. The zero-order valence-corrected chi connectivity index (χ0v) is 16.6. The van der Waals surface area contributed by atoms with Crippen molar-refractivity contribution in [3.63, 3.8) is 0 Å². The molecular formula is H8Ca3N2O9P2. The zero-order valence-electron chi connectivity index (χ0n) is 8.20. The van der Waals surface area contributed by atoms with Gasteiger partial charge < -0.3 is 56.3 Å². The van der Waals surface area contributed by atoms with Gasteiger partial charge in [0.25, 0.3) is 0 Å². The Morgan fingerprint density at radius 3 is 0.562 bits per heavy atom. The van der Waals surface area contributed by atoms with E-state index in [-0.39, 0.29) is 131 Å². The van der Waals surface area contributed by atoms with Crippen LogP contribution in [0.1, 0.15) is 0 Å². The standard InChI is InChI=1S/3Ca.2H3N.2H3O4P.H2O/c;;;;;2*1-5(2,3)4;/h;;;2*1H3;2*(H3,1,2,3,4);1H2/q3*+2;;;;;/p-6. The Labute approximate surface area is 181 Å². The van der Waals surface area contributed by atoms with E-state index in [0.29, 0.717) is 0 Å². The van der Waals surface area contributed by atoms with Crippen molar-refractivity contribution in [1.29, 1.82) is 0 Å². The molecule has 88 valence electrons. The third kappa shape index (κ3) is 339. The first-order chi connectivity index (χ1) is 4.00. The van der Waals surface area contributed by atoms with E-state index >= 15 is 0 Å². The first kappa shape index (κ1) is 50.2.